The van der Waals surface area contributed by atoms with Crippen LogP contribution < -0.4 is 5.32 Å². The predicted octanol–water partition coefficient (Wildman–Crippen LogP) is 4.44. The molecule has 1 atom stereocenters. The maximum absolute atomic E-state index is 13.1. The second kappa shape index (κ2) is 9.31. The number of nitrogens with one attached hydrogen (secondary N) is 1. The number of hydrogen-bond acceptors (Lipinski definition) is 6. The second-order valence-corrected chi connectivity index (χ2v) is 9.28. The SMILES string of the molecule is O=C(CCOCC1CCCO1)Nc1sc2c(c1C(=O)c1cccs1)CCCC2. The van der Waals surface area contributed by atoms with Crippen LogP contribution in [0.3, 0.4) is 0 Å². The van der Waals surface area contributed by atoms with Crippen LogP contribution in [0.1, 0.15) is 57.8 Å². The normalized spacial score (nSPS) is 18.8. The fourth-order valence-electron chi connectivity index (χ4n) is 3.77. The van der Waals surface area contributed by atoms with E-state index in [1.807, 2.05) is 17.5 Å². The van der Waals surface area contributed by atoms with E-state index in [4.69, 9.17) is 9.47 Å². The van der Waals surface area contributed by atoms with Crippen molar-refractivity contribution in [3.05, 3.63) is 38.4 Å². The lowest BCUT2D eigenvalue weighted by Gasteiger charge is -2.12. The Morgan fingerprint density at radius 2 is 2.14 bits per heavy atom. The van der Waals surface area contributed by atoms with Crippen LogP contribution in [0.25, 0.3) is 0 Å². The van der Waals surface area contributed by atoms with E-state index < -0.39 is 0 Å². The van der Waals surface area contributed by atoms with Gasteiger partial charge in [0, 0.05) is 11.5 Å². The number of thiophene rings is 2. The van der Waals surface area contributed by atoms with Gasteiger partial charge in [-0.05, 0) is 55.5 Å². The molecule has 5 nitrogen and oxygen atoms in total. The number of aryl methyl sites for hydroxylation is 1. The molecule has 1 saturated heterocycles. The Morgan fingerprint density at radius 3 is 2.93 bits per heavy atom. The highest BCUT2D eigenvalue weighted by Crippen LogP contribution is 2.39. The number of carbonyl (C=O) groups is 2. The number of ether oxygens (including phenoxy) is 2. The summed E-state index contributed by atoms with van der Waals surface area (Å²) in [5.74, 6) is -0.0782. The summed E-state index contributed by atoms with van der Waals surface area (Å²) >= 11 is 3.01. The van der Waals surface area contributed by atoms with E-state index >= 15 is 0 Å². The summed E-state index contributed by atoms with van der Waals surface area (Å²) in [4.78, 5) is 27.5. The summed E-state index contributed by atoms with van der Waals surface area (Å²) in [6, 6.07) is 3.74. The van der Waals surface area contributed by atoms with Gasteiger partial charge in [0.25, 0.3) is 0 Å². The van der Waals surface area contributed by atoms with Crippen molar-refractivity contribution in [1.82, 2.24) is 0 Å². The van der Waals surface area contributed by atoms with Gasteiger partial charge in [0.1, 0.15) is 5.00 Å². The van der Waals surface area contributed by atoms with Gasteiger partial charge in [0.2, 0.25) is 11.7 Å². The van der Waals surface area contributed by atoms with Crippen molar-refractivity contribution in [3.63, 3.8) is 0 Å². The maximum Gasteiger partial charge on any atom is 0.227 e. The van der Waals surface area contributed by atoms with Crippen LogP contribution >= 0.6 is 22.7 Å². The third kappa shape index (κ3) is 4.54. The van der Waals surface area contributed by atoms with Gasteiger partial charge >= 0.3 is 0 Å². The van der Waals surface area contributed by atoms with Gasteiger partial charge in [-0.3, -0.25) is 9.59 Å². The summed E-state index contributed by atoms with van der Waals surface area (Å²) in [6.07, 6.45) is 6.71. The summed E-state index contributed by atoms with van der Waals surface area (Å²) in [6.45, 7) is 1.71. The zero-order chi connectivity index (χ0) is 19.3. The van der Waals surface area contributed by atoms with Gasteiger partial charge in [-0.25, -0.2) is 0 Å². The second-order valence-electron chi connectivity index (χ2n) is 7.23. The number of carbonyl (C=O) groups excluding carboxylic acids is 2. The van der Waals surface area contributed by atoms with Gasteiger partial charge in [-0.1, -0.05) is 6.07 Å². The molecular formula is C21H25NO4S2. The third-order valence-electron chi connectivity index (χ3n) is 5.20. The highest BCUT2D eigenvalue weighted by atomic mass is 32.1. The number of rotatable bonds is 8. The molecular weight excluding hydrogens is 394 g/mol. The molecule has 1 unspecified atom stereocenters. The highest BCUT2D eigenvalue weighted by Gasteiger charge is 2.27. The fraction of sp³-hybridized carbons (Fsp3) is 0.524. The molecule has 1 fully saturated rings. The molecule has 7 heteroatoms. The van der Waals surface area contributed by atoms with E-state index in [2.05, 4.69) is 5.32 Å². The van der Waals surface area contributed by atoms with Crippen LogP contribution in [0, 0.1) is 0 Å². The fourth-order valence-corrected chi connectivity index (χ4v) is 5.74. The number of anilines is 1. The monoisotopic (exact) mass is 419 g/mol. The van der Waals surface area contributed by atoms with Crippen LogP contribution in [0.5, 0.6) is 0 Å². The Balaban J connectivity index is 1.41. The quantitative estimate of drug-likeness (QED) is 0.507. The van der Waals surface area contributed by atoms with E-state index in [0.29, 0.717) is 23.8 Å². The van der Waals surface area contributed by atoms with Crippen molar-refractivity contribution in [2.24, 2.45) is 0 Å². The van der Waals surface area contributed by atoms with Crippen molar-refractivity contribution in [3.8, 4) is 0 Å². The molecule has 0 spiro atoms. The van der Waals surface area contributed by atoms with Gasteiger partial charge in [0.15, 0.2) is 0 Å². The Bertz CT molecular complexity index is 822. The van der Waals surface area contributed by atoms with E-state index in [-0.39, 0.29) is 24.2 Å². The van der Waals surface area contributed by atoms with Gasteiger partial charge in [-0.15, -0.1) is 22.7 Å². The van der Waals surface area contributed by atoms with Crippen LogP contribution in [0.15, 0.2) is 17.5 Å². The summed E-state index contributed by atoms with van der Waals surface area (Å²) < 4.78 is 11.1. The first kappa shape index (κ1) is 19.8. The lowest BCUT2D eigenvalue weighted by molar-refractivity contribution is -0.117. The Hall–Kier alpha value is -1.54. The lowest BCUT2D eigenvalue weighted by atomic mass is 9.93. The molecule has 0 bridgehead atoms. The van der Waals surface area contributed by atoms with Gasteiger partial charge in [-0.2, -0.15) is 0 Å². The van der Waals surface area contributed by atoms with Crippen molar-refractivity contribution in [1.29, 1.82) is 0 Å². The van der Waals surface area contributed by atoms with Gasteiger partial charge < -0.3 is 14.8 Å². The maximum atomic E-state index is 13.1. The highest BCUT2D eigenvalue weighted by molar-refractivity contribution is 7.17. The van der Waals surface area contributed by atoms with Crippen LogP contribution in [-0.2, 0) is 27.1 Å². The van der Waals surface area contributed by atoms with Crippen molar-refractivity contribution in [2.45, 2.75) is 51.0 Å². The Morgan fingerprint density at radius 1 is 1.25 bits per heavy atom. The summed E-state index contributed by atoms with van der Waals surface area (Å²) in [5, 5.41) is 5.61. The molecule has 1 N–H and O–H groups in total. The first-order valence-electron chi connectivity index (χ1n) is 9.94. The largest absolute Gasteiger partial charge is 0.378 e. The van der Waals surface area contributed by atoms with E-state index in [1.165, 1.54) is 16.2 Å². The molecule has 28 heavy (non-hydrogen) atoms. The molecule has 3 heterocycles. The number of hydrogen-bond donors (Lipinski definition) is 1. The van der Waals surface area contributed by atoms with Crippen molar-refractivity contribution in [2.75, 3.05) is 25.1 Å². The predicted molar refractivity (Wildman–Crippen MR) is 112 cm³/mol. The van der Waals surface area contributed by atoms with Crippen LogP contribution in [0.4, 0.5) is 5.00 Å². The average molecular weight is 420 g/mol. The first-order valence-corrected chi connectivity index (χ1v) is 11.6. The van der Waals surface area contributed by atoms with E-state index in [1.54, 1.807) is 11.3 Å². The molecule has 2 aromatic rings. The molecule has 1 aliphatic heterocycles. The molecule has 0 saturated carbocycles. The Labute approximate surface area is 173 Å². The number of ketones is 1. The average Bonchev–Trinajstić information content (AvgIpc) is 3.45. The molecule has 4 rings (SSSR count). The smallest absolute Gasteiger partial charge is 0.227 e. The third-order valence-corrected chi connectivity index (χ3v) is 7.27. The van der Waals surface area contributed by atoms with E-state index in [0.717, 1.165) is 55.6 Å². The van der Waals surface area contributed by atoms with Crippen LogP contribution in [0.2, 0.25) is 0 Å². The number of fused-ring (bicyclic) bond motifs is 1. The minimum absolute atomic E-state index is 0.0272. The molecule has 1 amide bonds. The zero-order valence-electron chi connectivity index (χ0n) is 15.8. The molecule has 2 aromatic heterocycles. The molecule has 1 aliphatic carbocycles. The molecule has 0 radical (unpaired) electrons. The molecule has 150 valence electrons. The summed E-state index contributed by atoms with van der Waals surface area (Å²) in [7, 11) is 0. The topological polar surface area (TPSA) is 64.6 Å². The van der Waals surface area contributed by atoms with Crippen molar-refractivity contribution < 1.29 is 19.1 Å². The minimum Gasteiger partial charge on any atom is -0.378 e. The lowest BCUT2D eigenvalue weighted by Crippen LogP contribution is -2.19. The first-order chi connectivity index (χ1) is 13.7. The number of amides is 1. The van der Waals surface area contributed by atoms with Crippen LogP contribution in [-0.4, -0.2) is 37.6 Å². The Kier molecular flexibility index (Phi) is 6.57. The summed E-state index contributed by atoms with van der Waals surface area (Å²) in [5.41, 5.74) is 1.84. The van der Waals surface area contributed by atoms with Crippen molar-refractivity contribution >= 4 is 39.4 Å². The zero-order valence-corrected chi connectivity index (χ0v) is 17.5. The molecule has 0 aromatic carbocycles. The van der Waals surface area contributed by atoms with Gasteiger partial charge in [0.05, 0.1) is 36.2 Å². The standard InChI is InChI=1S/C21H25NO4S2/c23-18(9-11-25-13-14-5-3-10-26-14)22-21-19(20(24)17-8-4-12-27-17)15-6-1-2-7-16(15)28-21/h4,8,12,14H,1-3,5-7,9-11,13H2,(H,22,23). The minimum atomic E-state index is -0.105. The molecule has 2 aliphatic rings. The van der Waals surface area contributed by atoms with E-state index in [9.17, 15) is 9.59 Å².